The van der Waals surface area contributed by atoms with Crippen LogP contribution < -0.4 is 10.1 Å². The lowest BCUT2D eigenvalue weighted by atomic mass is 10.1. The predicted octanol–water partition coefficient (Wildman–Crippen LogP) is 5.20. The maximum atomic E-state index is 12.1. The zero-order valence-corrected chi connectivity index (χ0v) is 11.7. The number of hydrogen-bond donors (Lipinski definition) is 1. The van der Waals surface area contributed by atoms with Gasteiger partial charge in [-0.3, -0.25) is 0 Å². The number of benzene rings is 1. The second-order valence-corrected chi connectivity index (χ2v) is 4.62. The van der Waals surface area contributed by atoms with E-state index >= 15 is 0 Å². The Hall–Kier alpha value is -0.740. The molecule has 1 aromatic rings. The number of hydrogen-bond acceptors (Lipinski definition) is 2. The minimum Gasteiger partial charge on any atom is -0.432 e. The Bertz CT molecular complexity index is 375. The summed E-state index contributed by atoms with van der Waals surface area (Å²) in [6, 6.07) is 3.35. The maximum absolute atomic E-state index is 12.1. The lowest BCUT2D eigenvalue weighted by molar-refractivity contribution is -0.0497. The van der Waals surface area contributed by atoms with Gasteiger partial charge in [0.25, 0.3) is 0 Å². The maximum Gasteiger partial charge on any atom is 0.387 e. The van der Waals surface area contributed by atoms with Gasteiger partial charge < -0.3 is 10.1 Å². The molecule has 1 N–H and O–H groups in total. The first kappa shape index (κ1) is 15.3. The molecule has 0 aliphatic heterocycles. The zero-order valence-electron chi connectivity index (χ0n) is 10.1. The zero-order chi connectivity index (χ0) is 13.7. The molecular weight excluding hydrogens is 283 g/mol. The molecular formula is C12H15Cl2F2NO. The van der Waals surface area contributed by atoms with Gasteiger partial charge >= 0.3 is 6.61 Å². The molecule has 1 aromatic carbocycles. The van der Waals surface area contributed by atoms with Crippen molar-refractivity contribution >= 4 is 28.9 Å². The smallest absolute Gasteiger partial charge is 0.387 e. The van der Waals surface area contributed by atoms with E-state index in [9.17, 15) is 8.78 Å². The molecule has 0 atom stereocenters. The number of ether oxygens (including phenoxy) is 1. The summed E-state index contributed by atoms with van der Waals surface area (Å²) in [6.45, 7) is 1.16. The molecule has 0 aromatic heterocycles. The molecule has 1 rings (SSSR count). The molecule has 0 amide bonds. The van der Waals surface area contributed by atoms with Crippen LogP contribution in [0.25, 0.3) is 0 Å². The van der Waals surface area contributed by atoms with E-state index in [0.717, 1.165) is 12.8 Å². The van der Waals surface area contributed by atoms with E-state index in [0.29, 0.717) is 11.7 Å². The van der Waals surface area contributed by atoms with Crippen molar-refractivity contribution < 1.29 is 13.5 Å². The molecule has 2 nitrogen and oxygen atoms in total. The van der Waals surface area contributed by atoms with Crippen LogP contribution in [0, 0.1) is 0 Å². The van der Waals surface area contributed by atoms with Crippen LogP contribution in [0.3, 0.4) is 0 Å². The summed E-state index contributed by atoms with van der Waals surface area (Å²) in [5.74, 6) is -0.191. The summed E-state index contributed by atoms with van der Waals surface area (Å²) in [5, 5.41) is 3.36. The first-order valence-corrected chi connectivity index (χ1v) is 6.43. The van der Waals surface area contributed by atoms with Crippen molar-refractivity contribution in [1.82, 2.24) is 0 Å². The van der Waals surface area contributed by atoms with E-state index in [1.54, 1.807) is 0 Å². The Morgan fingerprint density at radius 3 is 2.06 bits per heavy atom. The SMILES string of the molecule is CCC(CC)Nc1cc(Cl)c(OC(F)F)c(Cl)c1. The summed E-state index contributed by atoms with van der Waals surface area (Å²) in [5.41, 5.74) is 0.695. The van der Waals surface area contributed by atoms with E-state index in [4.69, 9.17) is 23.2 Å². The van der Waals surface area contributed by atoms with Crippen LogP contribution in [0.2, 0.25) is 10.0 Å². The van der Waals surface area contributed by atoms with E-state index < -0.39 is 6.61 Å². The van der Waals surface area contributed by atoms with Gasteiger partial charge in [0.15, 0.2) is 5.75 Å². The number of rotatable bonds is 6. The Kier molecular flexibility index (Phi) is 5.96. The van der Waals surface area contributed by atoms with Gasteiger partial charge in [0.2, 0.25) is 0 Å². The second-order valence-electron chi connectivity index (χ2n) is 3.81. The molecule has 0 heterocycles. The largest absolute Gasteiger partial charge is 0.432 e. The lowest BCUT2D eigenvalue weighted by Gasteiger charge is -2.18. The Morgan fingerprint density at radius 2 is 1.67 bits per heavy atom. The molecule has 0 bridgehead atoms. The van der Waals surface area contributed by atoms with Crippen molar-refractivity contribution in [2.75, 3.05) is 5.32 Å². The van der Waals surface area contributed by atoms with Gasteiger partial charge in [-0.2, -0.15) is 8.78 Å². The predicted molar refractivity (Wildman–Crippen MR) is 71.1 cm³/mol. The van der Waals surface area contributed by atoms with Crippen LogP contribution in [0.15, 0.2) is 12.1 Å². The van der Waals surface area contributed by atoms with E-state index in [-0.39, 0.29) is 15.8 Å². The highest BCUT2D eigenvalue weighted by atomic mass is 35.5. The summed E-state index contributed by atoms with van der Waals surface area (Å²) >= 11 is 11.7. The van der Waals surface area contributed by atoms with Crippen LogP contribution in [-0.2, 0) is 0 Å². The molecule has 0 unspecified atom stereocenters. The topological polar surface area (TPSA) is 21.3 Å². The Balaban J connectivity index is 2.91. The molecule has 6 heteroatoms. The summed E-state index contributed by atoms with van der Waals surface area (Å²) in [7, 11) is 0. The van der Waals surface area contributed by atoms with E-state index in [2.05, 4.69) is 23.9 Å². The van der Waals surface area contributed by atoms with Crippen LogP contribution in [-0.4, -0.2) is 12.7 Å². The molecule has 102 valence electrons. The highest BCUT2D eigenvalue weighted by molar-refractivity contribution is 6.37. The second kappa shape index (κ2) is 7.00. The van der Waals surface area contributed by atoms with Crippen molar-refractivity contribution in [1.29, 1.82) is 0 Å². The number of alkyl halides is 2. The molecule has 0 spiro atoms. The summed E-state index contributed by atoms with van der Waals surface area (Å²) in [6.07, 6.45) is 1.89. The molecule has 0 aliphatic rings. The standard InChI is InChI=1S/C12H15Cl2F2NO/c1-3-7(4-2)17-8-5-9(13)11(10(14)6-8)18-12(15)16/h5-7,12,17H,3-4H2,1-2H3. The van der Waals surface area contributed by atoms with Crippen LogP contribution >= 0.6 is 23.2 Å². The molecule has 0 fully saturated rings. The normalized spacial score (nSPS) is 11.1. The number of nitrogens with one attached hydrogen (secondary N) is 1. The molecule has 0 saturated carbocycles. The monoisotopic (exact) mass is 297 g/mol. The Labute approximate surface area is 115 Å². The van der Waals surface area contributed by atoms with Crippen molar-refractivity contribution in [3.63, 3.8) is 0 Å². The fourth-order valence-corrected chi connectivity index (χ4v) is 2.15. The van der Waals surface area contributed by atoms with E-state index in [1.165, 1.54) is 12.1 Å². The minimum absolute atomic E-state index is 0.0660. The average molecular weight is 298 g/mol. The van der Waals surface area contributed by atoms with E-state index in [1.807, 2.05) is 0 Å². The first-order chi connectivity index (χ1) is 8.47. The Morgan fingerprint density at radius 1 is 1.17 bits per heavy atom. The average Bonchev–Trinajstić information content (AvgIpc) is 2.30. The van der Waals surface area contributed by atoms with Gasteiger partial charge in [-0.15, -0.1) is 0 Å². The summed E-state index contributed by atoms with van der Waals surface area (Å²) < 4.78 is 28.6. The molecule has 0 aliphatic carbocycles. The number of anilines is 1. The third kappa shape index (κ3) is 4.18. The minimum atomic E-state index is -2.95. The van der Waals surface area contributed by atoms with Gasteiger partial charge in [-0.1, -0.05) is 37.0 Å². The third-order valence-electron chi connectivity index (χ3n) is 2.56. The van der Waals surface area contributed by atoms with Gasteiger partial charge in [0, 0.05) is 11.7 Å². The van der Waals surface area contributed by atoms with Crippen LogP contribution in [0.4, 0.5) is 14.5 Å². The number of halogens is 4. The molecule has 0 saturated heterocycles. The molecule has 0 radical (unpaired) electrons. The summed E-state index contributed by atoms with van der Waals surface area (Å²) in [4.78, 5) is 0. The van der Waals surface area contributed by atoms with Crippen molar-refractivity contribution in [2.24, 2.45) is 0 Å². The van der Waals surface area contributed by atoms with Crippen molar-refractivity contribution in [3.8, 4) is 5.75 Å². The van der Waals surface area contributed by atoms with Crippen LogP contribution in [0.1, 0.15) is 26.7 Å². The fourth-order valence-electron chi connectivity index (χ4n) is 1.57. The first-order valence-electron chi connectivity index (χ1n) is 5.68. The van der Waals surface area contributed by atoms with Crippen molar-refractivity contribution in [2.45, 2.75) is 39.3 Å². The lowest BCUT2D eigenvalue weighted by Crippen LogP contribution is -2.17. The van der Waals surface area contributed by atoms with Gasteiger partial charge in [-0.25, -0.2) is 0 Å². The third-order valence-corrected chi connectivity index (χ3v) is 3.12. The van der Waals surface area contributed by atoms with Crippen molar-refractivity contribution in [3.05, 3.63) is 22.2 Å². The van der Waals surface area contributed by atoms with Crippen LogP contribution in [0.5, 0.6) is 5.75 Å². The highest BCUT2D eigenvalue weighted by Gasteiger charge is 2.15. The van der Waals surface area contributed by atoms with Gasteiger partial charge in [-0.05, 0) is 25.0 Å². The highest BCUT2D eigenvalue weighted by Crippen LogP contribution is 2.37. The van der Waals surface area contributed by atoms with Gasteiger partial charge in [0.1, 0.15) is 0 Å². The fraction of sp³-hybridized carbons (Fsp3) is 0.500. The molecule has 18 heavy (non-hydrogen) atoms. The quantitative estimate of drug-likeness (QED) is 0.779. The van der Waals surface area contributed by atoms with Gasteiger partial charge in [0.05, 0.1) is 10.0 Å².